The molecule has 11 nitrogen and oxygen atoms in total. The molecular formula is C23H26N8O3. The van der Waals surface area contributed by atoms with Gasteiger partial charge in [0.25, 0.3) is 5.91 Å². The number of aromatic amines is 1. The van der Waals surface area contributed by atoms with Gasteiger partial charge >= 0.3 is 0 Å². The highest BCUT2D eigenvalue weighted by molar-refractivity contribution is 5.99. The van der Waals surface area contributed by atoms with Crippen LogP contribution in [0.4, 0.5) is 5.82 Å². The number of fused-ring (bicyclic) bond motifs is 2. The van der Waals surface area contributed by atoms with Gasteiger partial charge in [0.05, 0.1) is 18.0 Å². The van der Waals surface area contributed by atoms with Gasteiger partial charge in [0.15, 0.2) is 11.5 Å². The molecule has 0 saturated heterocycles. The van der Waals surface area contributed by atoms with Crippen molar-refractivity contribution in [3.8, 4) is 11.5 Å². The summed E-state index contributed by atoms with van der Waals surface area (Å²) in [7, 11) is 0. The van der Waals surface area contributed by atoms with Crippen LogP contribution < -0.4 is 20.1 Å². The van der Waals surface area contributed by atoms with Crippen molar-refractivity contribution in [2.45, 2.75) is 26.4 Å². The largest absolute Gasteiger partial charge is 0.486 e. The van der Waals surface area contributed by atoms with E-state index in [1.807, 2.05) is 18.2 Å². The molecular weight excluding hydrogens is 436 g/mol. The zero-order valence-electron chi connectivity index (χ0n) is 19.0. The molecule has 1 atom stereocenters. The molecule has 5 rings (SSSR count). The van der Waals surface area contributed by atoms with Crippen LogP contribution in [0.3, 0.4) is 0 Å². The van der Waals surface area contributed by atoms with E-state index in [0.29, 0.717) is 43.5 Å². The lowest BCUT2D eigenvalue weighted by Gasteiger charge is -2.26. The van der Waals surface area contributed by atoms with Crippen molar-refractivity contribution in [2.24, 2.45) is 5.92 Å². The first-order valence-corrected chi connectivity index (χ1v) is 11.2. The van der Waals surface area contributed by atoms with Gasteiger partial charge < -0.3 is 25.1 Å². The lowest BCUT2D eigenvalue weighted by molar-refractivity contribution is 0.0947. The van der Waals surface area contributed by atoms with Crippen LogP contribution in [0.25, 0.3) is 11.0 Å². The SMILES string of the molecule is CC(C)[C@@H](Nc1ncnc2[nH]c(C(=O)NCCn3cncn3)cc12)c1ccc2c(c1)OCCO2. The minimum atomic E-state index is -0.226. The maximum Gasteiger partial charge on any atom is 0.267 e. The second-order valence-corrected chi connectivity index (χ2v) is 8.35. The average molecular weight is 463 g/mol. The van der Waals surface area contributed by atoms with E-state index >= 15 is 0 Å². The number of benzene rings is 1. The van der Waals surface area contributed by atoms with E-state index in [1.165, 1.54) is 12.7 Å². The van der Waals surface area contributed by atoms with E-state index in [2.05, 4.69) is 49.5 Å². The second kappa shape index (κ2) is 9.38. The zero-order chi connectivity index (χ0) is 23.5. The summed E-state index contributed by atoms with van der Waals surface area (Å²) in [6.07, 6.45) is 4.55. The molecule has 4 heterocycles. The first kappa shape index (κ1) is 21.7. The normalized spacial score (nSPS) is 13.7. The third-order valence-corrected chi connectivity index (χ3v) is 5.65. The summed E-state index contributed by atoms with van der Waals surface area (Å²) in [6.45, 7) is 6.32. The lowest BCUT2D eigenvalue weighted by Crippen LogP contribution is -2.27. The maximum atomic E-state index is 12.7. The Balaban J connectivity index is 1.35. The van der Waals surface area contributed by atoms with E-state index in [-0.39, 0.29) is 17.9 Å². The van der Waals surface area contributed by atoms with E-state index < -0.39 is 0 Å². The van der Waals surface area contributed by atoms with Gasteiger partial charge in [-0.2, -0.15) is 5.10 Å². The molecule has 1 aromatic carbocycles. The minimum Gasteiger partial charge on any atom is -0.486 e. The number of hydrogen-bond donors (Lipinski definition) is 3. The van der Waals surface area contributed by atoms with Gasteiger partial charge in [-0.1, -0.05) is 19.9 Å². The molecule has 0 fully saturated rings. The smallest absolute Gasteiger partial charge is 0.267 e. The number of amides is 1. The van der Waals surface area contributed by atoms with Crippen LogP contribution in [0.5, 0.6) is 11.5 Å². The minimum absolute atomic E-state index is 0.0382. The molecule has 0 spiro atoms. The summed E-state index contributed by atoms with van der Waals surface area (Å²) in [6, 6.07) is 7.71. The van der Waals surface area contributed by atoms with Crippen molar-refractivity contribution < 1.29 is 14.3 Å². The molecule has 1 aliphatic heterocycles. The first-order valence-electron chi connectivity index (χ1n) is 11.2. The molecule has 3 N–H and O–H groups in total. The summed E-state index contributed by atoms with van der Waals surface area (Å²) in [4.78, 5) is 28.4. The Morgan fingerprint density at radius 1 is 1.15 bits per heavy atom. The summed E-state index contributed by atoms with van der Waals surface area (Å²) < 4.78 is 13.1. The molecule has 4 aromatic rings. The Morgan fingerprint density at radius 2 is 2.00 bits per heavy atom. The van der Waals surface area contributed by atoms with E-state index in [0.717, 1.165) is 22.4 Å². The third-order valence-electron chi connectivity index (χ3n) is 5.65. The molecule has 1 aliphatic rings. The Kier molecular flexibility index (Phi) is 5.98. The van der Waals surface area contributed by atoms with Crippen molar-refractivity contribution in [3.63, 3.8) is 0 Å². The average Bonchev–Trinajstić information content (AvgIpc) is 3.52. The van der Waals surface area contributed by atoms with Crippen LogP contribution in [0, 0.1) is 5.92 Å². The number of hydrogen-bond acceptors (Lipinski definition) is 8. The van der Waals surface area contributed by atoms with Crippen molar-refractivity contribution in [2.75, 3.05) is 25.1 Å². The number of carbonyl (C=O) groups is 1. The van der Waals surface area contributed by atoms with Crippen LogP contribution in [0.2, 0.25) is 0 Å². The molecule has 0 bridgehead atoms. The number of nitrogens with one attached hydrogen (secondary N) is 3. The van der Waals surface area contributed by atoms with E-state index in [9.17, 15) is 4.79 Å². The summed E-state index contributed by atoms with van der Waals surface area (Å²) in [5.41, 5.74) is 2.06. The van der Waals surface area contributed by atoms with Crippen molar-refractivity contribution in [3.05, 3.63) is 54.5 Å². The highest BCUT2D eigenvalue weighted by atomic mass is 16.6. The molecule has 3 aromatic heterocycles. The van der Waals surface area contributed by atoms with Crippen LogP contribution in [-0.4, -0.2) is 55.4 Å². The number of anilines is 1. The number of rotatable bonds is 8. The third kappa shape index (κ3) is 4.49. The quantitative estimate of drug-likeness (QED) is 0.364. The highest BCUT2D eigenvalue weighted by Crippen LogP contribution is 2.36. The molecule has 0 unspecified atom stereocenters. The fourth-order valence-corrected chi connectivity index (χ4v) is 3.94. The fraction of sp³-hybridized carbons (Fsp3) is 0.348. The monoisotopic (exact) mass is 462 g/mol. The Bertz CT molecular complexity index is 1280. The number of ether oxygens (including phenoxy) is 2. The predicted octanol–water partition coefficient (Wildman–Crippen LogP) is 2.56. The zero-order valence-corrected chi connectivity index (χ0v) is 19.0. The van der Waals surface area contributed by atoms with Crippen molar-refractivity contribution in [1.82, 2.24) is 35.0 Å². The molecule has 0 aliphatic carbocycles. The fourth-order valence-electron chi connectivity index (χ4n) is 3.94. The summed E-state index contributed by atoms with van der Waals surface area (Å²) in [5, 5.41) is 11.2. The Morgan fingerprint density at radius 3 is 2.79 bits per heavy atom. The van der Waals surface area contributed by atoms with Gasteiger partial charge in [0.1, 0.15) is 49.4 Å². The van der Waals surface area contributed by atoms with E-state index in [4.69, 9.17) is 9.47 Å². The van der Waals surface area contributed by atoms with E-state index in [1.54, 1.807) is 17.1 Å². The predicted molar refractivity (Wildman–Crippen MR) is 125 cm³/mol. The summed E-state index contributed by atoms with van der Waals surface area (Å²) in [5.74, 6) is 2.18. The summed E-state index contributed by atoms with van der Waals surface area (Å²) >= 11 is 0. The van der Waals surface area contributed by atoms with Gasteiger partial charge in [0, 0.05) is 6.54 Å². The standard InChI is InChI=1S/C23H26N8O3/c1-14(2)20(15-3-4-18-19(9-15)34-8-7-33-18)30-22-16-10-17(29-21(16)26-12-27-22)23(32)25-5-6-31-13-24-11-28-31/h3-4,9-14,20H,5-8H2,1-2H3,(H,25,32)(H2,26,27,29,30)/t20-/m1/s1. The van der Waals surface area contributed by atoms with Crippen LogP contribution in [-0.2, 0) is 6.54 Å². The molecule has 11 heteroatoms. The number of nitrogens with zero attached hydrogens (tertiary/aromatic N) is 5. The number of carbonyl (C=O) groups excluding carboxylic acids is 1. The Labute approximate surface area is 195 Å². The maximum absolute atomic E-state index is 12.7. The molecule has 0 saturated carbocycles. The van der Waals surface area contributed by atoms with Gasteiger partial charge in [-0.05, 0) is 29.7 Å². The highest BCUT2D eigenvalue weighted by Gasteiger charge is 2.22. The molecule has 0 radical (unpaired) electrons. The lowest BCUT2D eigenvalue weighted by atomic mass is 9.95. The molecule has 176 valence electrons. The van der Waals surface area contributed by atoms with Crippen molar-refractivity contribution >= 4 is 22.8 Å². The molecule has 34 heavy (non-hydrogen) atoms. The van der Waals surface area contributed by atoms with Gasteiger partial charge in [-0.15, -0.1) is 0 Å². The van der Waals surface area contributed by atoms with Crippen LogP contribution in [0.15, 0.2) is 43.2 Å². The van der Waals surface area contributed by atoms with Gasteiger partial charge in [0.2, 0.25) is 0 Å². The second-order valence-electron chi connectivity index (χ2n) is 8.35. The number of aromatic nitrogens is 6. The Hall–Kier alpha value is -4.15. The van der Waals surface area contributed by atoms with Crippen molar-refractivity contribution in [1.29, 1.82) is 0 Å². The molecule has 1 amide bonds. The first-order chi connectivity index (χ1) is 16.6. The van der Waals surface area contributed by atoms with Gasteiger partial charge in [-0.3, -0.25) is 9.48 Å². The number of H-pyrrole nitrogens is 1. The van der Waals surface area contributed by atoms with Gasteiger partial charge in [-0.25, -0.2) is 15.0 Å². The van der Waals surface area contributed by atoms with Crippen LogP contribution >= 0.6 is 0 Å². The van der Waals surface area contributed by atoms with Crippen LogP contribution in [0.1, 0.15) is 35.9 Å². The topological polar surface area (TPSA) is 132 Å².